The van der Waals surface area contributed by atoms with Crippen LogP contribution in [0.5, 0.6) is 5.75 Å². The highest BCUT2D eigenvalue weighted by Gasteiger charge is 2.28. The van der Waals surface area contributed by atoms with Gasteiger partial charge in [-0.1, -0.05) is 26.8 Å². The average molecular weight is 340 g/mol. The molecule has 1 aromatic carbocycles. The van der Waals surface area contributed by atoms with Crippen LogP contribution in [-0.4, -0.2) is 25.1 Å². The summed E-state index contributed by atoms with van der Waals surface area (Å²) in [4.78, 5) is 2.57. The van der Waals surface area contributed by atoms with Gasteiger partial charge in [0.2, 0.25) is 0 Å². The molecule has 3 heteroatoms. The molecule has 0 bridgehead atoms. The van der Waals surface area contributed by atoms with Crippen molar-refractivity contribution in [1.82, 2.24) is 4.90 Å². The topological polar surface area (TPSA) is 12.5 Å². The number of hydrogen-bond donors (Lipinski definition) is 0. The second-order valence-corrected chi connectivity index (χ2v) is 7.74. The van der Waals surface area contributed by atoms with E-state index >= 15 is 0 Å². The van der Waals surface area contributed by atoms with Crippen molar-refractivity contribution in [1.29, 1.82) is 0 Å². The number of piperidine rings is 1. The molecule has 2 nitrogen and oxygen atoms in total. The van der Waals surface area contributed by atoms with Crippen LogP contribution in [0, 0.1) is 11.3 Å². The Morgan fingerprint density at radius 3 is 2.40 bits per heavy atom. The highest BCUT2D eigenvalue weighted by Crippen LogP contribution is 2.34. The van der Waals surface area contributed by atoms with Gasteiger partial charge in [-0.05, 0) is 70.9 Å². The standard InChI is InChI=1S/C17H26BrNO/c1-17(2,3)14-7-9-19(10-8-14)12-13-5-6-16(20-4)15(18)11-13/h5-6,11,14H,7-10,12H2,1-4H3. The summed E-state index contributed by atoms with van der Waals surface area (Å²) in [5.41, 5.74) is 1.81. The summed E-state index contributed by atoms with van der Waals surface area (Å²) in [6.07, 6.45) is 2.64. The average Bonchev–Trinajstić information content (AvgIpc) is 2.38. The number of hydrogen-bond acceptors (Lipinski definition) is 2. The molecular formula is C17H26BrNO. The molecular weight excluding hydrogens is 314 g/mol. The number of nitrogens with zero attached hydrogens (tertiary/aromatic N) is 1. The third-order valence-corrected chi connectivity index (χ3v) is 5.05. The van der Waals surface area contributed by atoms with Gasteiger partial charge in [-0.2, -0.15) is 0 Å². The molecule has 20 heavy (non-hydrogen) atoms. The molecule has 2 rings (SSSR count). The fourth-order valence-corrected chi connectivity index (χ4v) is 3.61. The van der Waals surface area contributed by atoms with Gasteiger partial charge in [0.25, 0.3) is 0 Å². The summed E-state index contributed by atoms with van der Waals surface area (Å²) in [6, 6.07) is 6.38. The molecule has 0 aromatic heterocycles. The van der Waals surface area contributed by atoms with E-state index in [-0.39, 0.29) is 0 Å². The first kappa shape index (κ1) is 15.8. The van der Waals surface area contributed by atoms with Crippen molar-refractivity contribution in [2.75, 3.05) is 20.2 Å². The predicted octanol–water partition coefficient (Wildman–Crippen LogP) is 4.72. The highest BCUT2D eigenvalue weighted by molar-refractivity contribution is 9.10. The lowest BCUT2D eigenvalue weighted by Crippen LogP contribution is -2.37. The van der Waals surface area contributed by atoms with Gasteiger partial charge in [0.05, 0.1) is 11.6 Å². The first-order valence-electron chi connectivity index (χ1n) is 7.45. The van der Waals surface area contributed by atoms with E-state index in [1.165, 1.54) is 31.5 Å². The summed E-state index contributed by atoms with van der Waals surface area (Å²) in [5, 5.41) is 0. The van der Waals surface area contributed by atoms with Crippen LogP contribution in [0.1, 0.15) is 39.2 Å². The zero-order chi connectivity index (χ0) is 14.8. The highest BCUT2D eigenvalue weighted by atomic mass is 79.9. The number of rotatable bonds is 3. The Hall–Kier alpha value is -0.540. The molecule has 0 N–H and O–H groups in total. The van der Waals surface area contributed by atoms with Gasteiger partial charge in [-0.15, -0.1) is 0 Å². The number of methoxy groups -OCH3 is 1. The minimum atomic E-state index is 0.454. The van der Waals surface area contributed by atoms with Crippen LogP contribution in [0.3, 0.4) is 0 Å². The van der Waals surface area contributed by atoms with Crippen molar-refractivity contribution in [3.05, 3.63) is 28.2 Å². The monoisotopic (exact) mass is 339 g/mol. The molecule has 1 aliphatic rings. The Morgan fingerprint density at radius 2 is 1.90 bits per heavy atom. The molecule has 0 aliphatic carbocycles. The second-order valence-electron chi connectivity index (χ2n) is 6.89. The van der Waals surface area contributed by atoms with E-state index in [1.807, 2.05) is 6.07 Å². The summed E-state index contributed by atoms with van der Waals surface area (Å²) in [6.45, 7) is 10.6. The van der Waals surface area contributed by atoms with Crippen LogP contribution >= 0.6 is 15.9 Å². The maximum Gasteiger partial charge on any atom is 0.133 e. The van der Waals surface area contributed by atoms with E-state index in [9.17, 15) is 0 Å². The number of benzene rings is 1. The van der Waals surface area contributed by atoms with Crippen molar-refractivity contribution < 1.29 is 4.74 Å². The van der Waals surface area contributed by atoms with Crippen molar-refractivity contribution in [3.8, 4) is 5.75 Å². The fourth-order valence-electron chi connectivity index (χ4n) is 3.02. The largest absolute Gasteiger partial charge is 0.496 e. The van der Waals surface area contributed by atoms with Crippen molar-refractivity contribution in [2.45, 2.75) is 40.2 Å². The molecule has 1 aromatic rings. The van der Waals surface area contributed by atoms with Gasteiger partial charge in [0.15, 0.2) is 0 Å². The van der Waals surface area contributed by atoms with E-state index in [4.69, 9.17) is 4.74 Å². The van der Waals surface area contributed by atoms with Crippen molar-refractivity contribution in [2.24, 2.45) is 11.3 Å². The Bertz CT molecular complexity index is 445. The van der Waals surface area contributed by atoms with Crippen LogP contribution in [0.15, 0.2) is 22.7 Å². The molecule has 0 atom stereocenters. The molecule has 0 saturated carbocycles. The third-order valence-electron chi connectivity index (χ3n) is 4.43. The molecule has 1 saturated heterocycles. The van der Waals surface area contributed by atoms with Gasteiger partial charge in [0.1, 0.15) is 5.75 Å². The van der Waals surface area contributed by atoms with Gasteiger partial charge < -0.3 is 4.74 Å². The Balaban J connectivity index is 1.91. The summed E-state index contributed by atoms with van der Waals surface area (Å²) < 4.78 is 6.32. The molecule has 0 amide bonds. The quantitative estimate of drug-likeness (QED) is 0.790. The predicted molar refractivity (Wildman–Crippen MR) is 88.2 cm³/mol. The van der Waals surface area contributed by atoms with Crippen LogP contribution in [0.4, 0.5) is 0 Å². The molecule has 0 spiro atoms. The van der Waals surface area contributed by atoms with Crippen molar-refractivity contribution in [3.63, 3.8) is 0 Å². The number of likely N-dealkylation sites (tertiary alicyclic amines) is 1. The van der Waals surface area contributed by atoms with Crippen LogP contribution in [0.25, 0.3) is 0 Å². The van der Waals surface area contributed by atoms with Crippen molar-refractivity contribution >= 4 is 15.9 Å². The minimum absolute atomic E-state index is 0.454. The zero-order valence-corrected chi connectivity index (χ0v) is 14.7. The van der Waals surface area contributed by atoms with E-state index in [0.717, 1.165) is 22.7 Å². The van der Waals surface area contributed by atoms with E-state index in [2.05, 4.69) is 53.7 Å². The fraction of sp³-hybridized carbons (Fsp3) is 0.647. The normalized spacial score (nSPS) is 18.2. The second kappa shape index (κ2) is 6.48. The molecule has 1 heterocycles. The zero-order valence-electron chi connectivity index (χ0n) is 13.1. The van der Waals surface area contributed by atoms with Gasteiger partial charge >= 0.3 is 0 Å². The maximum atomic E-state index is 5.28. The molecule has 112 valence electrons. The van der Waals surface area contributed by atoms with Gasteiger partial charge in [-0.25, -0.2) is 0 Å². The van der Waals surface area contributed by atoms with Crippen LogP contribution < -0.4 is 4.74 Å². The first-order chi connectivity index (χ1) is 9.40. The maximum absolute atomic E-state index is 5.28. The summed E-state index contributed by atoms with van der Waals surface area (Å²) in [7, 11) is 1.71. The van der Waals surface area contributed by atoms with Crippen LogP contribution in [-0.2, 0) is 6.54 Å². The summed E-state index contributed by atoms with van der Waals surface area (Å²) in [5.74, 6) is 1.77. The van der Waals surface area contributed by atoms with E-state index in [0.29, 0.717) is 5.41 Å². The third kappa shape index (κ3) is 3.98. The number of halogens is 1. The molecule has 1 aliphatic heterocycles. The smallest absolute Gasteiger partial charge is 0.133 e. The lowest BCUT2D eigenvalue weighted by atomic mass is 9.75. The Kier molecular flexibility index (Phi) is 5.14. The minimum Gasteiger partial charge on any atom is -0.496 e. The number of ether oxygens (including phenoxy) is 1. The van der Waals surface area contributed by atoms with Gasteiger partial charge in [-0.3, -0.25) is 4.90 Å². The molecule has 1 fully saturated rings. The lowest BCUT2D eigenvalue weighted by molar-refractivity contribution is 0.108. The molecule has 0 radical (unpaired) electrons. The SMILES string of the molecule is COc1ccc(CN2CCC(C(C)(C)C)CC2)cc1Br. The first-order valence-corrected chi connectivity index (χ1v) is 8.24. The Labute approximate surface area is 131 Å². The summed E-state index contributed by atoms with van der Waals surface area (Å²) >= 11 is 3.56. The van der Waals surface area contributed by atoms with Gasteiger partial charge in [0, 0.05) is 6.54 Å². The lowest BCUT2D eigenvalue weighted by Gasteiger charge is -2.38. The van der Waals surface area contributed by atoms with E-state index in [1.54, 1.807) is 7.11 Å². The molecule has 0 unspecified atom stereocenters. The van der Waals surface area contributed by atoms with Crippen LogP contribution in [0.2, 0.25) is 0 Å². The van der Waals surface area contributed by atoms with E-state index < -0.39 is 0 Å². The Morgan fingerprint density at radius 1 is 1.25 bits per heavy atom.